The lowest BCUT2D eigenvalue weighted by Crippen LogP contribution is -2.15. The van der Waals surface area contributed by atoms with E-state index in [-0.39, 0.29) is 0 Å². The molecule has 0 aliphatic rings. The summed E-state index contributed by atoms with van der Waals surface area (Å²) in [5.41, 5.74) is 2.75. The van der Waals surface area contributed by atoms with Gasteiger partial charge in [0, 0.05) is 22.1 Å². The molecule has 0 aliphatic heterocycles. The highest BCUT2D eigenvalue weighted by Crippen LogP contribution is 2.37. The van der Waals surface area contributed by atoms with Crippen LogP contribution in [0.5, 0.6) is 0 Å². The van der Waals surface area contributed by atoms with Gasteiger partial charge in [-0.15, -0.1) is 11.8 Å². The van der Waals surface area contributed by atoms with Crippen LogP contribution < -0.4 is 0 Å². The largest absolute Gasteiger partial charge is 0.309 e. The van der Waals surface area contributed by atoms with Gasteiger partial charge in [0.2, 0.25) is 0 Å². The maximum absolute atomic E-state index is 2.28. The van der Waals surface area contributed by atoms with Gasteiger partial charge in [0.05, 0.1) is 5.25 Å². The van der Waals surface area contributed by atoms with Crippen LogP contribution >= 0.6 is 23.5 Å². The number of hydrogen-bond donors (Lipinski definition) is 0. The zero-order valence-corrected chi connectivity index (χ0v) is 17.0. The molecule has 1 nitrogen and oxygen atoms in total. The van der Waals surface area contributed by atoms with E-state index < -0.39 is 0 Å². The van der Waals surface area contributed by atoms with E-state index >= 15 is 0 Å². The first-order valence-corrected chi connectivity index (χ1v) is 10.7. The third-order valence-electron chi connectivity index (χ3n) is 4.09. The van der Waals surface area contributed by atoms with E-state index in [0.717, 1.165) is 12.3 Å². The zero-order valence-electron chi connectivity index (χ0n) is 15.3. The molecule has 3 rings (SSSR count). The molecule has 0 unspecified atom stereocenters. The fraction of sp³-hybridized carbons (Fsp3) is 0.217. The second kappa shape index (κ2) is 9.86. The predicted molar refractivity (Wildman–Crippen MR) is 116 cm³/mol. The van der Waals surface area contributed by atoms with Crippen molar-refractivity contribution in [1.82, 2.24) is 4.90 Å². The van der Waals surface area contributed by atoms with Crippen LogP contribution in [-0.4, -0.2) is 31.3 Å². The van der Waals surface area contributed by atoms with Crippen LogP contribution in [0.25, 0.3) is 0 Å². The molecule has 0 bridgehead atoms. The summed E-state index contributed by atoms with van der Waals surface area (Å²) >= 11 is 3.83. The molecule has 0 spiro atoms. The lowest BCUT2D eigenvalue weighted by Gasteiger charge is -2.19. The summed E-state index contributed by atoms with van der Waals surface area (Å²) < 4.78 is 0. The quantitative estimate of drug-likeness (QED) is 0.457. The van der Waals surface area contributed by atoms with Crippen molar-refractivity contribution in [2.75, 3.05) is 26.4 Å². The summed E-state index contributed by atoms with van der Waals surface area (Å²) in [7, 11) is 4.27. The SMILES string of the molecule is CN(C)CCS[C@H](c1ccccc1)c1ccc(Sc2ccccc2)cc1. The van der Waals surface area contributed by atoms with Crippen molar-refractivity contribution in [3.63, 3.8) is 0 Å². The Balaban J connectivity index is 1.75. The molecule has 3 heteroatoms. The van der Waals surface area contributed by atoms with Gasteiger partial charge in [-0.05, 0) is 49.5 Å². The topological polar surface area (TPSA) is 3.24 Å². The number of nitrogens with zero attached hydrogens (tertiary/aromatic N) is 1. The van der Waals surface area contributed by atoms with Crippen LogP contribution in [0, 0.1) is 0 Å². The van der Waals surface area contributed by atoms with Gasteiger partial charge in [0.25, 0.3) is 0 Å². The molecule has 0 saturated carbocycles. The Morgan fingerprint density at radius 3 is 1.85 bits per heavy atom. The van der Waals surface area contributed by atoms with E-state index in [1.54, 1.807) is 0 Å². The van der Waals surface area contributed by atoms with Crippen molar-refractivity contribution >= 4 is 23.5 Å². The minimum atomic E-state index is 0.381. The van der Waals surface area contributed by atoms with E-state index in [1.165, 1.54) is 20.9 Å². The number of hydrogen-bond acceptors (Lipinski definition) is 3. The van der Waals surface area contributed by atoms with Crippen molar-refractivity contribution in [2.45, 2.75) is 15.0 Å². The normalized spacial score (nSPS) is 12.3. The smallest absolute Gasteiger partial charge is 0.0547 e. The van der Waals surface area contributed by atoms with Crippen molar-refractivity contribution in [3.05, 3.63) is 96.1 Å². The van der Waals surface area contributed by atoms with E-state index in [1.807, 2.05) is 23.5 Å². The molecule has 3 aromatic carbocycles. The molecule has 3 aromatic rings. The Hall–Kier alpha value is -1.68. The second-order valence-electron chi connectivity index (χ2n) is 6.45. The van der Waals surface area contributed by atoms with Gasteiger partial charge >= 0.3 is 0 Å². The number of thioether (sulfide) groups is 1. The Bertz CT molecular complexity index is 770. The molecule has 0 aliphatic carbocycles. The van der Waals surface area contributed by atoms with E-state index in [9.17, 15) is 0 Å². The second-order valence-corrected chi connectivity index (χ2v) is 8.81. The fourth-order valence-corrected chi connectivity index (χ4v) is 4.94. The first-order chi connectivity index (χ1) is 12.7. The van der Waals surface area contributed by atoms with E-state index in [2.05, 4.69) is 104 Å². The van der Waals surface area contributed by atoms with Crippen LogP contribution in [0.15, 0.2) is 94.7 Å². The van der Waals surface area contributed by atoms with Crippen molar-refractivity contribution < 1.29 is 0 Å². The van der Waals surface area contributed by atoms with Gasteiger partial charge < -0.3 is 4.90 Å². The summed E-state index contributed by atoms with van der Waals surface area (Å²) in [6.07, 6.45) is 0. The summed E-state index contributed by atoms with van der Waals surface area (Å²) in [5.74, 6) is 1.12. The Kier molecular flexibility index (Phi) is 7.24. The van der Waals surface area contributed by atoms with E-state index in [0.29, 0.717) is 5.25 Å². The van der Waals surface area contributed by atoms with Gasteiger partial charge in [-0.25, -0.2) is 0 Å². The summed E-state index contributed by atoms with van der Waals surface area (Å²) in [4.78, 5) is 4.81. The first-order valence-electron chi connectivity index (χ1n) is 8.86. The summed E-state index contributed by atoms with van der Waals surface area (Å²) in [6, 6.07) is 30.4. The molecule has 0 amide bonds. The standard InChI is InChI=1S/C23H25NS2/c1-24(2)17-18-25-23(19-9-5-3-6-10-19)20-13-15-22(16-14-20)26-21-11-7-4-8-12-21/h3-16,23H,17-18H2,1-2H3/t23-/m1/s1. The van der Waals surface area contributed by atoms with Crippen molar-refractivity contribution in [1.29, 1.82) is 0 Å². The Labute approximate surface area is 165 Å². The lowest BCUT2D eigenvalue weighted by atomic mass is 10.0. The summed E-state index contributed by atoms with van der Waals surface area (Å²) in [6.45, 7) is 1.09. The van der Waals surface area contributed by atoms with Gasteiger partial charge in [-0.3, -0.25) is 0 Å². The lowest BCUT2D eigenvalue weighted by molar-refractivity contribution is 0.437. The molecule has 0 radical (unpaired) electrons. The highest BCUT2D eigenvalue weighted by Gasteiger charge is 2.14. The van der Waals surface area contributed by atoms with Crippen LogP contribution in [-0.2, 0) is 0 Å². The van der Waals surface area contributed by atoms with Crippen LogP contribution in [0.1, 0.15) is 16.4 Å². The van der Waals surface area contributed by atoms with E-state index in [4.69, 9.17) is 0 Å². The monoisotopic (exact) mass is 379 g/mol. The minimum absolute atomic E-state index is 0.381. The summed E-state index contributed by atoms with van der Waals surface area (Å²) in [5, 5.41) is 0.381. The molecule has 0 N–H and O–H groups in total. The van der Waals surface area contributed by atoms with Gasteiger partial charge in [-0.2, -0.15) is 0 Å². The molecule has 134 valence electrons. The third-order valence-corrected chi connectivity index (χ3v) is 6.40. The molecule has 0 fully saturated rings. The molecule has 26 heavy (non-hydrogen) atoms. The average molecular weight is 380 g/mol. The molecule has 1 atom stereocenters. The number of rotatable bonds is 8. The zero-order chi connectivity index (χ0) is 18.2. The van der Waals surface area contributed by atoms with Gasteiger partial charge in [0.1, 0.15) is 0 Å². The maximum Gasteiger partial charge on any atom is 0.0547 e. The van der Waals surface area contributed by atoms with Crippen LogP contribution in [0.4, 0.5) is 0 Å². The average Bonchev–Trinajstić information content (AvgIpc) is 2.67. The Morgan fingerprint density at radius 1 is 0.692 bits per heavy atom. The molecular formula is C23H25NS2. The van der Waals surface area contributed by atoms with Crippen LogP contribution in [0.3, 0.4) is 0 Å². The minimum Gasteiger partial charge on any atom is -0.309 e. The predicted octanol–water partition coefficient (Wildman–Crippen LogP) is 6.22. The highest BCUT2D eigenvalue weighted by molar-refractivity contribution is 7.99. The van der Waals surface area contributed by atoms with Gasteiger partial charge in [-0.1, -0.05) is 72.4 Å². The molecule has 0 aromatic heterocycles. The highest BCUT2D eigenvalue weighted by atomic mass is 32.2. The number of benzene rings is 3. The van der Waals surface area contributed by atoms with Crippen molar-refractivity contribution in [2.24, 2.45) is 0 Å². The fourth-order valence-electron chi connectivity index (χ4n) is 2.70. The third kappa shape index (κ3) is 5.66. The Morgan fingerprint density at radius 2 is 1.23 bits per heavy atom. The maximum atomic E-state index is 2.28. The molecule has 0 saturated heterocycles. The first kappa shape index (κ1) is 19.1. The molecular weight excluding hydrogens is 354 g/mol. The van der Waals surface area contributed by atoms with Gasteiger partial charge in [0.15, 0.2) is 0 Å². The van der Waals surface area contributed by atoms with Crippen LogP contribution in [0.2, 0.25) is 0 Å². The molecule has 0 heterocycles. The van der Waals surface area contributed by atoms with Crippen molar-refractivity contribution in [3.8, 4) is 0 Å².